The van der Waals surface area contributed by atoms with Crippen LogP contribution < -0.4 is 5.32 Å². The molecule has 4 heteroatoms. The largest absolute Gasteiger partial charge is 0.349 e. The number of rotatable bonds is 5. The van der Waals surface area contributed by atoms with Crippen molar-refractivity contribution in [1.82, 2.24) is 10.3 Å². The molecule has 4 nitrogen and oxygen atoms in total. The van der Waals surface area contributed by atoms with E-state index in [1.807, 2.05) is 42.5 Å². The Morgan fingerprint density at radius 1 is 1.15 bits per heavy atom. The highest BCUT2D eigenvalue weighted by Crippen LogP contribution is 2.17. The van der Waals surface area contributed by atoms with Crippen LogP contribution in [0.5, 0.6) is 0 Å². The summed E-state index contributed by atoms with van der Waals surface area (Å²) in [5.41, 5.74) is 2.75. The van der Waals surface area contributed by atoms with E-state index in [1.54, 1.807) is 6.20 Å². The number of ketones is 1. The van der Waals surface area contributed by atoms with E-state index >= 15 is 0 Å². The van der Waals surface area contributed by atoms with E-state index < -0.39 is 0 Å². The third kappa shape index (κ3) is 4.02. The zero-order valence-electron chi connectivity index (χ0n) is 11.3. The molecule has 0 saturated heterocycles. The maximum Gasteiger partial charge on any atom is 0.224 e. The van der Waals surface area contributed by atoms with Gasteiger partial charge in [0.1, 0.15) is 5.78 Å². The van der Waals surface area contributed by atoms with Crippen molar-refractivity contribution in [2.75, 3.05) is 6.54 Å². The Labute approximate surface area is 117 Å². The molecule has 0 fully saturated rings. The van der Waals surface area contributed by atoms with Crippen LogP contribution in [0.3, 0.4) is 0 Å². The maximum atomic E-state index is 11.7. The smallest absolute Gasteiger partial charge is 0.224 e. The fourth-order valence-corrected chi connectivity index (χ4v) is 1.85. The minimum Gasteiger partial charge on any atom is -0.349 e. The van der Waals surface area contributed by atoms with Gasteiger partial charge in [0.05, 0.1) is 18.7 Å². The van der Waals surface area contributed by atoms with Crippen molar-refractivity contribution >= 4 is 11.7 Å². The predicted octanol–water partition coefficient (Wildman–Crippen LogP) is 2.00. The first-order chi connectivity index (χ1) is 9.65. The molecule has 2 aromatic rings. The summed E-state index contributed by atoms with van der Waals surface area (Å²) in [5, 5.41) is 2.59. The lowest BCUT2D eigenvalue weighted by Crippen LogP contribution is -2.29. The van der Waals surface area contributed by atoms with E-state index in [0.717, 1.165) is 16.8 Å². The van der Waals surface area contributed by atoms with Crippen LogP contribution in [0.25, 0.3) is 11.3 Å². The van der Waals surface area contributed by atoms with Gasteiger partial charge in [-0.3, -0.25) is 14.6 Å². The molecule has 1 N–H and O–H groups in total. The monoisotopic (exact) mass is 268 g/mol. The average molecular weight is 268 g/mol. The Kier molecular flexibility index (Phi) is 4.60. The Morgan fingerprint density at radius 3 is 2.70 bits per heavy atom. The van der Waals surface area contributed by atoms with Crippen LogP contribution in [0.15, 0.2) is 48.7 Å². The molecule has 0 bridgehead atoms. The van der Waals surface area contributed by atoms with Gasteiger partial charge in [0, 0.05) is 11.8 Å². The number of Topliss-reactive ketones (excluding diaryl/α,β-unsaturated/α-hetero) is 1. The summed E-state index contributed by atoms with van der Waals surface area (Å²) >= 11 is 0. The third-order valence-electron chi connectivity index (χ3n) is 2.79. The minimum atomic E-state index is -0.154. The molecule has 0 aliphatic heterocycles. The number of nitrogens with one attached hydrogen (secondary N) is 1. The second-order valence-corrected chi connectivity index (χ2v) is 4.57. The van der Waals surface area contributed by atoms with Gasteiger partial charge in [-0.1, -0.05) is 24.3 Å². The molecule has 1 amide bonds. The second kappa shape index (κ2) is 6.61. The lowest BCUT2D eigenvalue weighted by Gasteiger charge is -2.05. The van der Waals surface area contributed by atoms with Gasteiger partial charge in [-0.05, 0) is 30.7 Å². The van der Waals surface area contributed by atoms with Crippen molar-refractivity contribution in [3.8, 4) is 11.3 Å². The third-order valence-corrected chi connectivity index (χ3v) is 2.79. The lowest BCUT2D eigenvalue weighted by molar-refractivity contribution is -0.124. The van der Waals surface area contributed by atoms with E-state index in [9.17, 15) is 9.59 Å². The number of aromatic nitrogens is 1. The van der Waals surface area contributed by atoms with Gasteiger partial charge >= 0.3 is 0 Å². The van der Waals surface area contributed by atoms with Gasteiger partial charge in [0.2, 0.25) is 5.91 Å². The van der Waals surface area contributed by atoms with Crippen LogP contribution in [0.1, 0.15) is 12.5 Å². The van der Waals surface area contributed by atoms with Crippen molar-refractivity contribution in [3.63, 3.8) is 0 Å². The number of amides is 1. The fourth-order valence-electron chi connectivity index (χ4n) is 1.85. The van der Waals surface area contributed by atoms with E-state index in [1.165, 1.54) is 6.92 Å². The van der Waals surface area contributed by atoms with Crippen LogP contribution in [-0.2, 0) is 16.0 Å². The standard InChI is InChI=1S/C16H16N2O2/c1-12(19)11-18-16(20)10-13-5-4-6-14(9-13)15-7-2-3-8-17-15/h2-9H,10-11H2,1H3,(H,18,20). The Bertz CT molecular complexity index is 609. The van der Waals surface area contributed by atoms with Gasteiger partial charge in [0.25, 0.3) is 0 Å². The SMILES string of the molecule is CC(=O)CNC(=O)Cc1cccc(-c2ccccn2)c1. The Morgan fingerprint density at radius 2 is 2.00 bits per heavy atom. The first-order valence-electron chi connectivity index (χ1n) is 6.41. The van der Waals surface area contributed by atoms with Crippen LogP contribution in [0.4, 0.5) is 0 Å². The van der Waals surface area contributed by atoms with Gasteiger partial charge in [0.15, 0.2) is 0 Å². The molecule has 0 spiro atoms. The normalized spacial score (nSPS) is 10.1. The van der Waals surface area contributed by atoms with E-state index in [4.69, 9.17) is 0 Å². The average Bonchev–Trinajstić information content (AvgIpc) is 2.46. The van der Waals surface area contributed by atoms with Gasteiger partial charge in [-0.25, -0.2) is 0 Å². The molecular formula is C16H16N2O2. The lowest BCUT2D eigenvalue weighted by atomic mass is 10.1. The van der Waals surface area contributed by atoms with E-state index in [0.29, 0.717) is 0 Å². The van der Waals surface area contributed by atoms with Crippen molar-refractivity contribution in [3.05, 3.63) is 54.2 Å². The molecule has 0 radical (unpaired) electrons. The molecule has 1 heterocycles. The number of hydrogen-bond donors (Lipinski definition) is 1. The molecular weight excluding hydrogens is 252 g/mol. The number of carbonyl (C=O) groups excluding carboxylic acids is 2. The van der Waals surface area contributed by atoms with Gasteiger partial charge < -0.3 is 5.32 Å². The number of benzene rings is 1. The number of hydrogen-bond acceptors (Lipinski definition) is 3. The van der Waals surface area contributed by atoms with Crippen LogP contribution in [-0.4, -0.2) is 23.2 Å². The Balaban J connectivity index is 2.07. The number of carbonyl (C=O) groups is 2. The zero-order chi connectivity index (χ0) is 14.4. The highest BCUT2D eigenvalue weighted by molar-refractivity contribution is 5.85. The van der Waals surface area contributed by atoms with E-state index in [-0.39, 0.29) is 24.7 Å². The fraction of sp³-hybridized carbons (Fsp3) is 0.188. The van der Waals surface area contributed by atoms with Crippen molar-refractivity contribution in [2.24, 2.45) is 0 Å². The maximum absolute atomic E-state index is 11.7. The van der Waals surface area contributed by atoms with E-state index in [2.05, 4.69) is 10.3 Å². The first-order valence-corrected chi connectivity index (χ1v) is 6.41. The van der Waals surface area contributed by atoms with Gasteiger partial charge in [-0.15, -0.1) is 0 Å². The van der Waals surface area contributed by atoms with Gasteiger partial charge in [-0.2, -0.15) is 0 Å². The highest BCUT2D eigenvalue weighted by Gasteiger charge is 2.06. The Hall–Kier alpha value is -2.49. The zero-order valence-corrected chi connectivity index (χ0v) is 11.3. The summed E-state index contributed by atoms with van der Waals surface area (Å²) in [6.45, 7) is 1.53. The molecule has 0 saturated carbocycles. The summed E-state index contributed by atoms with van der Waals surface area (Å²) in [4.78, 5) is 26.8. The van der Waals surface area contributed by atoms with Crippen LogP contribution in [0, 0.1) is 0 Å². The summed E-state index contributed by atoms with van der Waals surface area (Å²) < 4.78 is 0. The summed E-state index contributed by atoms with van der Waals surface area (Å²) in [5.74, 6) is -0.209. The minimum absolute atomic E-state index is 0.0550. The highest BCUT2D eigenvalue weighted by atomic mass is 16.2. The number of pyridine rings is 1. The quantitative estimate of drug-likeness (QED) is 0.902. The predicted molar refractivity (Wildman–Crippen MR) is 77.1 cm³/mol. The molecule has 0 unspecified atom stereocenters. The van der Waals surface area contributed by atoms with Crippen molar-refractivity contribution in [1.29, 1.82) is 0 Å². The van der Waals surface area contributed by atoms with Crippen LogP contribution >= 0.6 is 0 Å². The van der Waals surface area contributed by atoms with Crippen molar-refractivity contribution in [2.45, 2.75) is 13.3 Å². The summed E-state index contributed by atoms with van der Waals surface area (Å²) in [7, 11) is 0. The molecule has 1 aromatic heterocycles. The number of nitrogens with zero attached hydrogens (tertiary/aromatic N) is 1. The molecule has 102 valence electrons. The topological polar surface area (TPSA) is 59.1 Å². The molecule has 0 aliphatic carbocycles. The first kappa shape index (κ1) is 13.9. The van der Waals surface area contributed by atoms with Crippen molar-refractivity contribution < 1.29 is 9.59 Å². The summed E-state index contributed by atoms with van der Waals surface area (Å²) in [6, 6.07) is 13.4. The molecule has 0 atom stereocenters. The molecule has 1 aromatic carbocycles. The molecule has 0 aliphatic rings. The molecule has 2 rings (SSSR count). The second-order valence-electron chi connectivity index (χ2n) is 4.57. The van der Waals surface area contributed by atoms with Crippen LogP contribution in [0.2, 0.25) is 0 Å². The summed E-state index contributed by atoms with van der Waals surface area (Å²) in [6.07, 6.45) is 2.00. The molecule has 20 heavy (non-hydrogen) atoms.